The van der Waals surface area contributed by atoms with Crippen molar-refractivity contribution in [3.63, 3.8) is 0 Å². The van der Waals surface area contributed by atoms with Crippen LogP contribution in [-0.4, -0.2) is 73.3 Å². The molecule has 0 unspecified atom stereocenters. The first kappa shape index (κ1) is 17.0. The van der Waals surface area contributed by atoms with Crippen molar-refractivity contribution in [2.75, 3.05) is 46.0 Å². The fraction of sp³-hybridized carbons (Fsp3) is 0.650. The third-order valence-corrected chi connectivity index (χ3v) is 5.93. The molecule has 1 atom stereocenters. The van der Waals surface area contributed by atoms with Gasteiger partial charge in [-0.25, -0.2) is 0 Å². The molecule has 1 aromatic carbocycles. The summed E-state index contributed by atoms with van der Waals surface area (Å²) in [6.45, 7) is 5.98. The lowest BCUT2D eigenvalue weighted by atomic mass is 9.88. The van der Waals surface area contributed by atoms with Crippen LogP contribution in [-0.2, 0) is 20.7 Å². The summed E-state index contributed by atoms with van der Waals surface area (Å²) in [5.41, 5.74) is 0.949. The summed E-state index contributed by atoms with van der Waals surface area (Å²) in [6.07, 6.45) is 3.66. The maximum absolute atomic E-state index is 12.7. The van der Waals surface area contributed by atoms with Crippen molar-refractivity contribution in [3.8, 4) is 0 Å². The lowest BCUT2D eigenvalue weighted by molar-refractivity contribution is -0.160. The highest BCUT2D eigenvalue weighted by Gasteiger charge is 2.42. The van der Waals surface area contributed by atoms with Gasteiger partial charge < -0.3 is 14.4 Å². The lowest BCUT2D eigenvalue weighted by Crippen LogP contribution is -2.59. The summed E-state index contributed by atoms with van der Waals surface area (Å²) in [7, 11) is 0. The first-order chi connectivity index (χ1) is 12.2. The first-order valence-electron chi connectivity index (χ1n) is 9.52. The summed E-state index contributed by atoms with van der Waals surface area (Å²) in [4.78, 5) is 17.3. The van der Waals surface area contributed by atoms with Crippen LogP contribution >= 0.6 is 0 Å². The number of carbonyl (C=O) groups excluding carboxylic acids is 1. The quantitative estimate of drug-likeness (QED) is 0.837. The van der Waals surface area contributed by atoms with Gasteiger partial charge in [-0.3, -0.25) is 9.69 Å². The second-order valence-electron chi connectivity index (χ2n) is 7.56. The number of piperidine rings is 1. The van der Waals surface area contributed by atoms with E-state index in [1.807, 2.05) is 35.2 Å². The van der Waals surface area contributed by atoms with Gasteiger partial charge in [0.05, 0.1) is 25.2 Å². The molecule has 25 heavy (non-hydrogen) atoms. The van der Waals surface area contributed by atoms with Crippen molar-refractivity contribution in [3.05, 3.63) is 35.9 Å². The predicted octanol–water partition coefficient (Wildman–Crippen LogP) is 1.71. The number of hydrogen-bond acceptors (Lipinski definition) is 4. The molecule has 5 nitrogen and oxygen atoms in total. The zero-order chi connectivity index (χ0) is 17.1. The molecule has 1 aromatic rings. The van der Waals surface area contributed by atoms with Gasteiger partial charge in [-0.15, -0.1) is 0 Å². The van der Waals surface area contributed by atoms with Gasteiger partial charge >= 0.3 is 0 Å². The maximum atomic E-state index is 12.7. The van der Waals surface area contributed by atoms with Crippen LogP contribution in [0.5, 0.6) is 0 Å². The largest absolute Gasteiger partial charge is 0.380 e. The molecule has 1 amide bonds. The van der Waals surface area contributed by atoms with E-state index in [1.165, 1.54) is 0 Å². The molecule has 5 heteroatoms. The molecule has 3 heterocycles. The SMILES string of the molecule is O=C(Cc1ccccc1)N1CCOC2(CCN([C@@H]3CCOC3)CC2)C1. The average Bonchev–Trinajstić information content (AvgIpc) is 3.18. The van der Waals surface area contributed by atoms with Crippen molar-refractivity contribution >= 4 is 5.91 Å². The van der Waals surface area contributed by atoms with Gasteiger partial charge in [0.2, 0.25) is 5.91 Å². The van der Waals surface area contributed by atoms with Gasteiger partial charge in [0.15, 0.2) is 0 Å². The molecule has 0 radical (unpaired) electrons. The van der Waals surface area contributed by atoms with E-state index >= 15 is 0 Å². The maximum Gasteiger partial charge on any atom is 0.227 e. The highest BCUT2D eigenvalue weighted by Crippen LogP contribution is 2.32. The molecule has 3 aliphatic heterocycles. The molecule has 3 aliphatic rings. The van der Waals surface area contributed by atoms with Crippen molar-refractivity contribution in [2.45, 2.75) is 37.3 Å². The van der Waals surface area contributed by atoms with Crippen molar-refractivity contribution < 1.29 is 14.3 Å². The number of nitrogens with zero attached hydrogens (tertiary/aromatic N) is 2. The Morgan fingerprint density at radius 2 is 1.92 bits per heavy atom. The zero-order valence-corrected chi connectivity index (χ0v) is 14.9. The molecule has 0 saturated carbocycles. The molecular weight excluding hydrogens is 316 g/mol. The zero-order valence-electron chi connectivity index (χ0n) is 14.9. The van der Waals surface area contributed by atoms with E-state index in [2.05, 4.69) is 4.90 Å². The second-order valence-corrected chi connectivity index (χ2v) is 7.56. The molecule has 0 bridgehead atoms. The van der Waals surface area contributed by atoms with Gasteiger partial charge in [-0.05, 0) is 24.8 Å². The molecule has 0 aliphatic carbocycles. The Bertz CT molecular complexity index is 578. The van der Waals surface area contributed by atoms with Crippen molar-refractivity contribution in [1.82, 2.24) is 9.80 Å². The van der Waals surface area contributed by atoms with Gasteiger partial charge in [-0.2, -0.15) is 0 Å². The summed E-state index contributed by atoms with van der Waals surface area (Å²) < 4.78 is 11.7. The molecule has 136 valence electrons. The topological polar surface area (TPSA) is 42.0 Å². The van der Waals surface area contributed by atoms with Crippen LogP contribution in [0.1, 0.15) is 24.8 Å². The molecule has 3 fully saturated rings. The van der Waals surface area contributed by atoms with Crippen LogP contribution in [0.25, 0.3) is 0 Å². The van der Waals surface area contributed by atoms with Gasteiger partial charge in [0, 0.05) is 38.8 Å². The molecule has 0 N–H and O–H groups in total. The average molecular weight is 344 g/mol. The van der Waals surface area contributed by atoms with Crippen LogP contribution in [0.3, 0.4) is 0 Å². The summed E-state index contributed by atoms with van der Waals surface area (Å²) in [6, 6.07) is 10.6. The minimum absolute atomic E-state index is 0.138. The number of likely N-dealkylation sites (tertiary alicyclic amines) is 1. The Balaban J connectivity index is 1.34. The molecule has 4 rings (SSSR count). The van der Waals surface area contributed by atoms with Crippen LogP contribution in [0.2, 0.25) is 0 Å². The normalized spacial score (nSPS) is 26.9. The number of rotatable bonds is 3. The standard InChI is InChI=1S/C20H28N2O3/c23-19(14-17-4-2-1-3-5-17)22-11-13-25-20(16-22)7-9-21(10-8-20)18-6-12-24-15-18/h1-5,18H,6-16H2/t18-/m1/s1. The highest BCUT2D eigenvalue weighted by atomic mass is 16.5. The van der Waals surface area contributed by atoms with Crippen molar-refractivity contribution in [1.29, 1.82) is 0 Å². The summed E-state index contributed by atoms with van der Waals surface area (Å²) >= 11 is 0. The molecule has 0 aromatic heterocycles. The van der Waals surface area contributed by atoms with E-state index in [0.717, 1.165) is 57.7 Å². The Morgan fingerprint density at radius 3 is 2.64 bits per heavy atom. The van der Waals surface area contributed by atoms with Crippen molar-refractivity contribution in [2.24, 2.45) is 0 Å². The second kappa shape index (κ2) is 7.44. The number of carbonyl (C=O) groups is 1. The van der Waals surface area contributed by atoms with Gasteiger partial charge in [-0.1, -0.05) is 30.3 Å². The Labute approximate surface area is 149 Å². The number of hydrogen-bond donors (Lipinski definition) is 0. The van der Waals surface area contributed by atoms with E-state index in [9.17, 15) is 4.79 Å². The fourth-order valence-electron chi connectivity index (χ4n) is 4.35. The Morgan fingerprint density at radius 1 is 1.12 bits per heavy atom. The lowest BCUT2D eigenvalue weighted by Gasteiger charge is -2.48. The number of ether oxygens (including phenoxy) is 2. The number of morpholine rings is 1. The van der Waals surface area contributed by atoms with Crippen LogP contribution < -0.4 is 0 Å². The third kappa shape index (κ3) is 3.89. The van der Waals surface area contributed by atoms with E-state index in [-0.39, 0.29) is 11.5 Å². The molecular formula is C20H28N2O3. The van der Waals surface area contributed by atoms with Crippen LogP contribution in [0.4, 0.5) is 0 Å². The van der Waals surface area contributed by atoms with E-state index in [1.54, 1.807) is 0 Å². The van der Waals surface area contributed by atoms with E-state index in [0.29, 0.717) is 25.6 Å². The minimum Gasteiger partial charge on any atom is -0.380 e. The number of benzene rings is 1. The Kier molecular flexibility index (Phi) is 5.06. The minimum atomic E-state index is -0.138. The van der Waals surface area contributed by atoms with E-state index < -0.39 is 0 Å². The predicted molar refractivity (Wildman–Crippen MR) is 95.4 cm³/mol. The Hall–Kier alpha value is -1.43. The van der Waals surface area contributed by atoms with Crippen LogP contribution in [0, 0.1) is 0 Å². The summed E-state index contributed by atoms with van der Waals surface area (Å²) in [5.74, 6) is 0.223. The first-order valence-corrected chi connectivity index (χ1v) is 9.52. The molecule has 1 spiro atoms. The van der Waals surface area contributed by atoms with E-state index in [4.69, 9.17) is 9.47 Å². The summed E-state index contributed by atoms with van der Waals surface area (Å²) in [5, 5.41) is 0. The molecule has 3 saturated heterocycles. The van der Waals surface area contributed by atoms with Crippen LogP contribution in [0.15, 0.2) is 30.3 Å². The smallest absolute Gasteiger partial charge is 0.227 e. The highest BCUT2D eigenvalue weighted by molar-refractivity contribution is 5.79. The third-order valence-electron chi connectivity index (χ3n) is 5.93. The van der Waals surface area contributed by atoms with Gasteiger partial charge in [0.1, 0.15) is 0 Å². The number of amides is 1. The monoisotopic (exact) mass is 344 g/mol. The fourth-order valence-corrected chi connectivity index (χ4v) is 4.35. The van der Waals surface area contributed by atoms with Gasteiger partial charge in [0.25, 0.3) is 0 Å².